The second-order valence-electron chi connectivity index (χ2n) is 2.19. The fourth-order valence-corrected chi connectivity index (χ4v) is 0.703. The van der Waals surface area contributed by atoms with E-state index in [1.165, 1.54) is 0 Å². The van der Waals surface area contributed by atoms with Gasteiger partial charge in [0.25, 0.3) is 0 Å². The minimum absolute atomic E-state index is 0.109. The Hall–Kier alpha value is -1.45. The maximum Gasteiger partial charge on any atom is 0.247 e. The van der Waals surface area contributed by atoms with Crippen LogP contribution in [0.1, 0.15) is 21.8 Å². The van der Waals surface area contributed by atoms with Gasteiger partial charge in [0.05, 0.1) is 0 Å². The van der Waals surface area contributed by atoms with Crippen molar-refractivity contribution in [1.29, 1.82) is 0 Å². The molecular weight excluding hydrogens is 146 g/mol. The molecule has 0 aliphatic heterocycles. The van der Waals surface area contributed by atoms with E-state index in [-0.39, 0.29) is 12.0 Å². The zero-order chi connectivity index (χ0) is 8.43. The van der Waals surface area contributed by atoms with Crippen molar-refractivity contribution >= 4 is 12.1 Å². The first-order valence-corrected chi connectivity index (χ1v) is 3.09. The van der Waals surface area contributed by atoms with Crippen LogP contribution in [0.2, 0.25) is 0 Å². The van der Waals surface area contributed by atoms with Gasteiger partial charge in [0, 0.05) is 5.56 Å². The number of Topliss-reactive ketones (excluding diaryl/α,β-unsaturated/α-hetero) is 1. The third-order valence-electron chi connectivity index (χ3n) is 1.50. The standard InChI is InChI=1S/C7H7NO3/c1-4-5(2)11-8-7(4)6(10)3-9/h3H,1-2H3. The van der Waals surface area contributed by atoms with Crippen LogP contribution in [-0.4, -0.2) is 17.2 Å². The predicted octanol–water partition coefficient (Wildman–Crippen LogP) is 0.673. The SMILES string of the molecule is Cc1onc(C(=O)C=O)c1C. The van der Waals surface area contributed by atoms with Crippen LogP contribution in [0.3, 0.4) is 0 Å². The second-order valence-corrected chi connectivity index (χ2v) is 2.19. The van der Waals surface area contributed by atoms with E-state index >= 15 is 0 Å². The van der Waals surface area contributed by atoms with Crippen molar-refractivity contribution in [2.45, 2.75) is 13.8 Å². The van der Waals surface area contributed by atoms with Crippen LogP contribution in [0.4, 0.5) is 0 Å². The number of aldehydes is 1. The number of carbonyl (C=O) groups is 2. The van der Waals surface area contributed by atoms with E-state index in [0.717, 1.165) is 0 Å². The van der Waals surface area contributed by atoms with Gasteiger partial charge in [0.15, 0.2) is 12.0 Å². The van der Waals surface area contributed by atoms with Crippen molar-refractivity contribution in [3.63, 3.8) is 0 Å². The van der Waals surface area contributed by atoms with Gasteiger partial charge in [0.1, 0.15) is 5.76 Å². The highest BCUT2D eigenvalue weighted by molar-refractivity contribution is 6.32. The zero-order valence-corrected chi connectivity index (χ0v) is 6.25. The molecule has 4 heteroatoms. The summed E-state index contributed by atoms with van der Waals surface area (Å²) in [6.45, 7) is 3.37. The highest BCUT2D eigenvalue weighted by Gasteiger charge is 2.14. The molecular formula is C7H7NO3. The summed E-state index contributed by atoms with van der Waals surface area (Å²) in [5.41, 5.74) is 0.736. The molecule has 0 bridgehead atoms. The monoisotopic (exact) mass is 153 g/mol. The van der Waals surface area contributed by atoms with E-state index in [1.807, 2.05) is 0 Å². The molecule has 11 heavy (non-hydrogen) atoms. The molecule has 0 aliphatic rings. The van der Waals surface area contributed by atoms with Crippen LogP contribution in [0.5, 0.6) is 0 Å². The Morgan fingerprint density at radius 1 is 1.55 bits per heavy atom. The number of aryl methyl sites for hydroxylation is 1. The summed E-state index contributed by atoms with van der Waals surface area (Å²) in [6.07, 6.45) is 0.226. The largest absolute Gasteiger partial charge is 0.361 e. The summed E-state index contributed by atoms with van der Waals surface area (Å²) < 4.78 is 4.69. The van der Waals surface area contributed by atoms with Gasteiger partial charge < -0.3 is 4.52 Å². The highest BCUT2D eigenvalue weighted by Crippen LogP contribution is 2.10. The predicted molar refractivity (Wildman–Crippen MR) is 36.4 cm³/mol. The maximum atomic E-state index is 10.8. The molecule has 1 aromatic rings. The molecule has 0 atom stereocenters. The molecule has 0 saturated heterocycles. The number of hydrogen-bond donors (Lipinski definition) is 0. The molecule has 1 heterocycles. The maximum absolute atomic E-state index is 10.8. The second kappa shape index (κ2) is 2.65. The zero-order valence-electron chi connectivity index (χ0n) is 6.25. The Balaban J connectivity index is 3.14. The van der Waals surface area contributed by atoms with Gasteiger partial charge in [-0.1, -0.05) is 5.16 Å². The lowest BCUT2D eigenvalue weighted by Gasteiger charge is -1.85. The molecule has 4 nitrogen and oxygen atoms in total. The van der Waals surface area contributed by atoms with E-state index in [2.05, 4.69) is 9.68 Å². The van der Waals surface area contributed by atoms with Crippen LogP contribution >= 0.6 is 0 Å². The van der Waals surface area contributed by atoms with Crippen molar-refractivity contribution < 1.29 is 14.1 Å². The summed E-state index contributed by atoms with van der Waals surface area (Å²) in [7, 11) is 0. The fraction of sp³-hybridized carbons (Fsp3) is 0.286. The molecule has 0 N–H and O–H groups in total. The fourth-order valence-electron chi connectivity index (χ4n) is 0.703. The summed E-state index contributed by atoms with van der Waals surface area (Å²) in [5, 5.41) is 3.43. The summed E-state index contributed by atoms with van der Waals surface area (Å²) >= 11 is 0. The first-order chi connectivity index (χ1) is 5.16. The van der Waals surface area contributed by atoms with E-state index in [4.69, 9.17) is 0 Å². The molecule has 1 rings (SSSR count). The number of hydrogen-bond acceptors (Lipinski definition) is 4. The van der Waals surface area contributed by atoms with Gasteiger partial charge in [-0.3, -0.25) is 9.59 Å². The van der Waals surface area contributed by atoms with Crippen molar-refractivity contribution in [2.75, 3.05) is 0 Å². The van der Waals surface area contributed by atoms with Gasteiger partial charge in [-0.25, -0.2) is 0 Å². The summed E-state index contributed by atoms with van der Waals surface area (Å²) in [5.74, 6) is -0.0745. The number of carbonyl (C=O) groups excluding carboxylic acids is 2. The molecule has 1 aromatic heterocycles. The Bertz CT molecular complexity index is 301. The highest BCUT2D eigenvalue weighted by atomic mass is 16.5. The lowest BCUT2D eigenvalue weighted by atomic mass is 10.2. The molecule has 0 aromatic carbocycles. The quantitative estimate of drug-likeness (QED) is 0.356. The number of nitrogens with zero attached hydrogens (tertiary/aromatic N) is 1. The topological polar surface area (TPSA) is 60.2 Å². The van der Waals surface area contributed by atoms with Crippen LogP contribution in [0, 0.1) is 13.8 Å². The normalized spacial score (nSPS) is 9.64. The van der Waals surface area contributed by atoms with Gasteiger partial charge in [-0.2, -0.15) is 0 Å². The molecule has 0 fully saturated rings. The van der Waals surface area contributed by atoms with Gasteiger partial charge >= 0.3 is 0 Å². The summed E-state index contributed by atoms with van der Waals surface area (Å²) in [4.78, 5) is 20.8. The average molecular weight is 153 g/mol. The van der Waals surface area contributed by atoms with Crippen molar-refractivity contribution in [2.24, 2.45) is 0 Å². The molecule has 0 amide bonds. The van der Waals surface area contributed by atoms with E-state index < -0.39 is 5.78 Å². The first-order valence-electron chi connectivity index (χ1n) is 3.09. The Kier molecular flexibility index (Phi) is 1.85. The van der Waals surface area contributed by atoms with Crippen molar-refractivity contribution in [1.82, 2.24) is 5.16 Å². The third-order valence-corrected chi connectivity index (χ3v) is 1.50. The van der Waals surface area contributed by atoms with E-state index in [1.54, 1.807) is 13.8 Å². The third kappa shape index (κ3) is 1.19. The molecule has 0 unspecified atom stereocenters. The van der Waals surface area contributed by atoms with Crippen molar-refractivity contribution in [3.05, 3.63) is 17.0 Å². The average Bonchev–Trinajstić information content (AvgIpc) is 2.32. The van der Waals surface area contributed by atoms with E-state index in [9.17, 15) is 9.59 Å². The van der Waals surface area contributed by atoms with Crippen LogP contribution < -0.4 is 0 Å². The van der Waals surface area contributed by atoms with Crippen molar-refractivity contribution in [3.8, 4) is 0 Å². The number of aromatic nitrogens is 1. The Labute approximate surface area is 63.2 Å². The van der Waals surface area contributed by atoms with Gasteiger partial charge in [-0.05, 0) is 13.8 Å². The number of ketones is 1. The number of rotatable bonds is 2. The lowest BCUT2D eigenvalue weighted by Crippen LogP contribution is -2.01. The molecule has 0 saturated carbocycles. The van der Waals surface area contributed by atoms with Gasteiger partial charge in [0.2, 0.25) is 5.78 Å². The van der Waals surface area contributed by atoms with E-state index in [0.29, 0.717) is 11.3 Å². The van der Waals surface area contributed by atoms with Crippen LogP contribution in [0.25, 0.3) is 0 Å². The molecule has 0 radical (unpaired) electrons. The minimum Gasteiger partial charge on any atom is -0.361 e. The Morgan fingerprint density at radius 2 is 2.18 bits per heavy atom. The lowest BCUT2D eigenvalue weighted by molar-refractivity contribution is -0.104. The molecule has 0 spiro atoms. The van der Waals surface area contributed by atoms with Crippen LogP contribution in [-0.2, 0) is 4.79 Å². The van der Waals surface area contributed by atoms with Crippen LogP contribution in [0.15, 0.2) is 4.52 Å². The smallest absolute Gasteiger partial charge is 0.247 e. The molecule has 0 aliphatic carbocycles. The minimum atomic E-state index is -0.639. The Morgan fingerprint density at radius 3 is 2.55 bits per heavy atom. The summed E-state index contributed by atoms with van der Waals surface area (Å²) in [6, 6.07) is 0. The van der Waals surface area contributed by atoms with Gasteiger partial charge in [-0.15, -0.1) is 0 Å². The first kappa shape index (κ1) is 7.65. The molecule has 58 valence electrons.